The zero-order chi connectivity index (χ0) is 17.4. The third kappa shape index (κ3) is 2.84. The summed E-state index contributed by atoms with van der Waals surface area (Å²) in [7, 11) is 1.84. The molecule has 1 aliphatic rings. The molecule has 2 heterocycles. The number of benzene rings is 1. The van der Waals surface area contributed by atoms with Gasteiger partial charge in [0.05, 0.1) is 18.4 Å². The smallest absolute Gasteiger partial charge is 0.272 e. The van der Waals surface area contributed by atoms with E-state index < -0.39 is 0 Å². The summed E-state index contributed by atoms with van der Waals surface area (Å²) in [6.45, 7) is 1.94. The number of hydrogen-bond donors (Lipinski definition) is 1. The van der Waals surface area contributed by atoms with Gasteiger partial charge in [0.2, 0.25) is 0 Å². The Balaban J connectivity index is 1.68. The molecular weight excluding hydrogens is 314 g/mol. The fourth-order valence-electron chi connectivity index (χ4n) is 3.59. The summed E-state index contributed by atoms with van der Waals surface area (Å²) in [5, 5.41) is 7.51. The largest absolute Gasteiger partial charge is 0.342 e. The van der Waals surface area contributed by atoms with Crippen molar-refractivity contribution in [3.05, 3.63) is 71.6 Å². The first kappa shape index (κ1) is 15.6. The SMILES string of the molecule is Cc1cc(C(=O)N[C@@H]2c3ccccc3CC[C@H]2n2ccnc2)nn1C. The minimum atomic E-state index is -0.143. The number of amides is 1. The lowest BCUT2D eigenvalue weighted by Crippen LogP contribution is -2.37. The number of carbonyl (C=O) groups is 1. The van der Waals surface area contributed by atoms with Gasteiger partial charge in [-0.1, -0.05) is 24.3 Å². The molecule has 2 atom stereocenters. The van der Waals surface area contributed by atoms with Crippen molar-refractivity contribution in [2.75, 3.05) is 0 Å². The average Bonchev–Trinajstić information content (AvgIpc) is 3.26. The van der Waals surface area contributed by atoms with Crippen molar-refractivity contribution in [2.45, 2.75) is 31.8 Å². The standard InChI is InChI=1S/C19H21N5O/c1-13-11-16(22-23(13)2)19(25)21-18-15-6-4-3-5-14(15)7-8-17(18)24-10-9-20-12-24/h3-6,9-12,17-18H,7-8H2,1-2H3,(H,21,25)/t17-,18-/m1/s1. The van der Waals surface area contributed by atoms with Crippen LogP contribution in [-0.2, 0) is 13.5 Å². The Kier molecular flexibility index (Phi) is 3.87. The zero-order valence-electron chi connectivity index (χ0n) is 14.4. The van der Waals surface area contributed by atoms with Gasteiger partial charge in [0.1, 0.15) is 5.69 Å². The number of carbonyl (C=O) groups excluding carboxylic acids is 1. The number of hydrogen-bond acceptors (Lipinski definition) is 3. The van der Waals surface area contributed by atoms with Crippen molar-refractivity contribution in [3.63, 3.8) is 0 Å². The lowest BCUT2D eigenvalue weighted by molar-refractivity contribution is 0.0912. The maximum absolute atomic E-state index is 12.8. The van der Waals surface area contributed by atoms with E-state index in [4.69, 9.17) is 0 Å². The van der Waals surface area contributed by atoms with Crippen molar-refractivity contribution in [1.82, 2.24) is 24.6 Å². The van der Waals surface area contributed by atoms with E-state index in [1.165, 1.54) is 11.1 Å². The van der Waals surface area contributed by atoms with Crippen LogP contribution < -0.4 is 5.32 Å². The van der Waals surface area contributed by atoms with Crippen LogP contribution in [0.15, 0.2) is 49.1 Å². The lowest BCUT2D eigenvalue weighted by atomic mass is 9.83. The van der Waals surface area contributed by atoms with Crippen LogP contribution in [0.25, 0.3) is 0 Å². The van der Waals surface area contributed by atoms with Crippen molar-refractivity contribution >= 4 is 5.91 Å². The molecule has 0 fully saturated rings. The Labute approximate surface area is 146 Å². The van der Waals surface area contributed by atoms with Crippen LogP contribution in [0.4, 0.5) is 0 Å². The summed E-state index contributed by atoms with van der Waals surface area (Å²) >= 11 is 0. The average molecular weight is 335 g/mol. The highest BCUT2D eigenvalue weighted by Crippen LogP contribution is 2.37. The van der Waals surface area contributed by atoms with Crippen LogP contribution in [0.2, 0.25) is 0 Å². The highest BCUT2D eigenvalue weighted by atomic mass is 16.2. The quantitative estimate of drug-likeness (QED) is 0.800. The van der Waals surface area contributed by atoms with Crippen molar-refractivity contribution in [2.24, 2.45) is 7.05 Å². The molecule has 1 aliphatic carbocycles. The van der Waals surface area contributed by atoms with E-state index in [0.29, 0.717) is 5.69 Å². The first-order valence-corrected chi connectivity index (χ1v) is 8.50. The molecule has 1 N–H and O–H groups in total. The van der Waals surface area contributed by atoms with Gasteiger partial charge in [0, 0.05) is 25.1 Å². The van der Waals surface area contributed by atoms with Gasteiger partial charge in [0.25, 0.3) is 5.91 Å². The molecule has 128 valence electrons. The lowest BCUT2D eigenvalue weighted by Gasteiger charge is -2.34. The number of imidazole rings is 1. The normalized spacial score (nSPS) is 19.4. The van der Waals surface area contributed by atoms with Gasteiger partial charge in [-0.15, -0.1) is 0 Å². The Morgan fingerprint density at radius 1 is 1.32 bits per heavy atom. The van der Waals surface area contributed by atoms with Gasteiger partial charge in [0.15, 0.2) is 0 Å². The van der Waals surface area contributed by atoms with Crippen LogP contribution in [0.5, 0.6) is 0 Å². The van der Waals surface area contributed by atoms with Gasteiger partial charge < -0.3 is 9.88 Å². The fourth-order valence-corrected chi connectivity index (χ4v) is 3.59. The second-order valence-corrected chi connectivity index (χ2v) is 6.56. The van der Waals surface area contributed by atoms with Gasteiger partial charge in [-0.25, -0.2) is 4.98 Å². The summed E-state index contributed by atoms with van der Waals surface area (Å²) in [4.78, 5) is 17.0. The molecule has 4 rings (SSSR count). The maximum Gasteiger partial charge on any atom is 0.272 e. The van der Waals surface area contributed by atoms with Gasteiger partial charge >= 0.3 is 0 Å². The molecule has 0 unspecified atom stereocenters. The number of nitrogens with one attached hydrogen (secondary N) is 1. The highest BCUT2D eigenvalue weighted by Gasteiger charge is 2.32. The van der Waals surface area contributed by atoms with Crippen molar-refractivity contribution in [1.29, 1.82) is 0 Å². The minimum Gasteiger partial charge on any atom is -0.342 e. The molecule has 25 heavy (non-hydrogen) atoms. The Bertz CT molecular complexity index is 877. The number of aromatic nitrogens is 4. The van der Waals surface area contributed by atoms with Crippen molar-refractivity contribution in [3.8, 4) is 0 Å². The highest BCUT2D eigenvalue weighted by molar-refractivity contribution is 5.92. The molecule has 6 nitrogen and oxygen atoms in total. The summed E-state index contributed by atoms with van der Waals surface area (Å²) in [5.74, 6) is -0.143. The molecule has 0 spiro atoms. The van der Waals surface area contributed by atoms with Crippen LogP contribution >= 0.6 is 0 Å². The number of nitrogens with zero attached hydrogens (tertiary/aromatic N) is 4. The molecule has 0 aliphatic heterocycles. The van der Waals surface area contributed by atoms with E-state index in [-0.39, 0.29) is 18.0 Å². The molecule has 0 saturated carbocycles. The molecule has 0 radical (unpaired) electrons. The summed E-state index contributed by atoms with van der Waals surface area (Å²) < 4.78 is 3.81. The molecule has 3 aromatic rings. The van der Waals surface area contributed by atoms with E-state index in [2.05, 4.69) is 38.2 Å². The van der Waals surface area contributed by atoms with Gasteiger partial charge in [-0.05, 0) is 37.0 Å². The van der Waals surface area contributed by atoms with E-state index in [9.17, 15) is 4.79 Å². The van der Waals surface area contributed by atoms with Crippen molar-refractivity contribution < 1.29 is 4.79 Å². The second-order valence-electron chi connectivity index (χ2n) is 6.56. The van der Waals surface area contributed by atoms with Crippen LogP contribution in [-0.4, -0.2) is 25.2 Å². The third-order valence-electron chi connectivity index (χ3n) is 5.03. The minimum absolute atomic E-state index is 0.103. The van der Waals surface area contributed by atoms with Crippen LogP contribution in [0.1, 0.15) is 45.8 Å². The van der Waals surface area contributed by atoms with Crippen LogP contribution in [0, 0.1) is 6.92 Å². The summed E-state index contributed by atoms with van der Waals surface area (Å²) in [5.41, 5.74) is 3.88. The van der Waals surface area contributed by atoms with Crippen LogP contribution in [0.3, 0.4) is 0 Å². The van der Waals surface area contributed by atoms with E-state index in [1.54, 1.807) is 10.9 Å². The fraction of sp³-hybridized carbons (Fsp3) is 0.316. The number of fused-ring (bicyclic) bond motifs is 1. The molecular formula is C19H21N5O. The molecule has 1 amide bonds. The molecule has 2 aromatic heterocycles. The Hall–Kier alpha value is -2.89. The second kappa shape index (κ2) is 6.20. The Morgan fingerprint density at radius 3 is 2.88 bits per heavy atom. The van der Waals surface area contributed by atoms with Gasteiger partial charge in [-0.2, -0.15) is 5.10 Å². The predicted molar refractivity (Wildman–Crippen MR) is 94.2 cm³/mol. The van der Waals surface area contributed by atoms with E-state index in [0.717, 1.165) is 18.5 Å². The summed E-state index contributed by atoms with van der Waals surface area (Å²) in [6, 6.07) is 10.2. The topological polar surface area (TPSA) is 64.7 Å². The monoisotopic (exact) mass is 335 g/mol. The first-order chi connectivity index (χ1) is 12.1. The molecule has 0 saturated heterocycles. The first-order valence-electron chi connectivity index (χ1n) is 8.50. The summed E-state index contributed by atoms with van der Waals surface area (Å²) in [6.07, 6.45) is 7.51. The maximum atomic E-state index is 12.8. The molecule has 6 heteroatoms. The number of aryl methyl sites for hydroxylation is 3. The Morgan fingerprint density at radius 2 is 2.16 bits per heavy atom. The van der Waals surface area contributed by atoms with Gasteiger partial charge in [-0.3, -0.25) is 9.48 Å². The molecule has 1 aromatic carbocycles. The third-order valence-corrected chi connectivity index (χ3v) is 5.03. The zero-order valence-corrected chi connectivity index (χ0v) is 14.4. The predicted octanol–water partition coefficient (Wildman–Crippen LogP) is 2.58. The van der Waals surface area contributed by atoms with E-state index in [1.807, 2.05) is 38.6 Å². The number of rotatable bonds is 3. The molecule has 0 bridgehead atoms. The van der Waals surface area contributed by atoms with E-state index >= 15 is 0 Å².